The van der Waals surface area contributed by atoms with Crippen molar-refractivity contribution in [2.75, 3.05) is 6.61 Å². The van der Waals surface area contributed by atoms with Crippen LogP contribution in [0.15, 0.2) is 66.7 Å². The van der Waals surface area contributed by atoms with Crippen LogP contribution in [0.2, 0.25) is 0 Å². The minimum Gasteiger partial charge on any atom is -0.426 e. The first-order valence-corrected chi connectivity index (χ1v) is 13.8. The molecule has 41 heavy (non-hydrogen) atoms. The third kappa shape index (κ3) is 4.49. The second-order valence-electron chi connectivity index (χ2n) is 10.9. The highest BCUT2D eigenvalue weighted by molar-refractivity contribution is 6.61. The number of fused-ring (bicyclic) bond motifs is 6. The molecule has 0 radical (unpaired) electrons. The maximum Gasteiger partial charge on any atom is 0.494 e. The monoisotopic (exact) mass is 552 g/mol. The van der Waals surface area contributed by atoms with Crippen LogP contribution in [0.1, 0.15) is 44.4 Å². The van der Waals surface area contributed by atoms with E-state index in [2.05, 4.69) is 0 Å². The van der Waals surface area contributed by atoms with Gasteiger partial charge in [0.05, 0.1) is 18.3 Å². The molecule has 4 aromatic carbocycles. The Morgan fingerprint density at radius 2 is 1.54 bits per heavy atom. The van der Waals surface area contributed by atoms with E-state index < -0.39 is 36.9 Å². The molecule has 2 aliphatic heterocycles. The molecule has 0 aromatic heterocycles. The van der Waals surface area contributed by atoms with Crippen LogP contribution in [-0.2, 0) is 34.8 Å². The molecule has 4 atom stereocenters. The predicted molar refractivity (Wildman–Crippen MR) is 152 cm³/mol. The summed E-state index contributed by atoms with van der Waals surface area (Å²) in [5.74, 6) is -0.0829. The summed E-state index contributed by atoms with van der Waals surface area (Å²) in [6, 6.07) is 21.6. The summed E-state index contributed by atoms with van der Waals surface area (Å²) in [5.41, 5.74) is 1.39. The zero-order valence-electron chi connectivity index (χ0n) is 23.0. The van der Waals surface area contributed by atoms with Crippen molar-refractivity contribution in [2.45, 2.75) is 57.7 Å². The van der Waals surface area contributed by atoms with E-state index in [0.29, 0.717) is 52.8 Å². The molecule has 3 aliphatic rings. The third-order valence-corrected chi connectivity index (χ3v) is 8.17. The van der Waals surface area contributed by atoms with E-state index in [1.165, 1.54) is 13.8 Å². The Morgan fingerprint density at radius 3 is 2.17 bits per heavy atom. The maximum absolute atomic E-state index is 12.5. The molecular formula is C32H29BO8. The SMILES string of the molecule is CC(=O)Oc1c2c(c(OC(C)=O)c3cc4ccccc4cc13)[C@H]1CC([C@H]3CO[C@@H](C)O3)(C2)OB(c2ccccc2)O1. The Bertz CT molecular complexity index is 1690. The summed E-state index contributed by atoms with van der Waals surface area (Å²) in [6.07, 6.45) is -0.541. The van der Waals surface area contributed by atoms with Gasteiger partial charge in [-0.05, 0) is 35.3 Å². The van der Waals surface area contributed by atoms with Gasteiger partial charge in [0.25, 0.3) is 0 Å². The lowest BCUT2D eigenvalue weighted by Gasteiger charge is -2.50. The summed E-state index contributed by atoms with van der Waals surface area (Å²) in [6.45, 7) is 4.98. The number of benzene rings is 4. The van der Waals surface area contributed by atoms with E-state index in [0.717, 1.165) is 16.2 Å². The van der Waals surface area contributed by atoms with Gasteiger partial charge >= 0.3 is 19.1 Å². The van der Waals surface area contributed by atoms with Crippen molar-refractivity contribution >= 4 is 46.1 Å². The number of esters is 2. The van der Waals surface area contributed by atoms with Crippen LogP contribution >= 0.6 is 0 Å². The van der Waals surface area contributed by atoms with Crippen LogP contribution in [0.3, 0.4) is 0 Å². The highest BCUT2D eigenvalue weighted by Gasteiger charge is 2.57. The molecule has 0 saturated carbocycles. The summed E-state index contributed by atoms with van der Waals surface area (Å²) < 4.78 is 37.5. The Morgan fingerprint density at radius 1 is 0.902 bits per heavy atom. The highest BCUT2D eigenvalue weighted by atomic mass is 16.7. The zero-order valence-corrected chi connectivity index (χ0v) is 23.0. The van der Waals surface area contributed by atoms with Crippen molar-refractivity contribution in [3.05, 3.63) is 77.9 Å². The van der Waals surface area contributed by atoms with E-state index in [1.807, 2.05) is 73.7 Å². The van der Waals surface area contributed by atoms with E-state index in [4.69, 9.17) is 28.3 Å². The smallest absolute Gasteiger partial charge is 0.426 e. The van der Waals surface area contributed by atoms with Crippen LogP contribution in [-0.4, -0.2) is 43.7 Å². The molecule has 0 N–H and O–H groups in total. The molecule has 7 rings (SSSR count). The molecule has 2 bridgehead atoms. The molecule has 2 fully saturated rings. The minimum atomic E-state index is -0.853. The first-order valence-electron chi connectivity index (χ1n) is 13.8. The van der Waals surface area contributed by atoms with Crippen molar-refractivity contribution in [3.8, 4) is 11.5 Å². The van der Waals surface area contributed by atoms with Crippen molar-refractivity contribution in [2.24, 2.45) is 0 Å². The first-order chi connectivity index (χ1) is 19.8. The quantitative estimate of drug-likeness (QED) is 0.155. The van der Waals surface area contributed by atoms with Gasteiger partial charge in [-0.1, -0.05) is 54.6 Å². The molecule has 0 spiro atoms. The van der Waals surface area contributed by atoms with Gasteiger partial charge in [-0.2, -0.15) is 0 Å². The maximum atomic E-state index is 12.5. The fourth-order valence-electron chi connectivity index (χ4n) is 6.48. The standard InChI is InChI=1S/C32H29BO8/c1-18(34)37-30-24-13-21-9-7-8-10-22(21)14-25(24)31(38-19(2)35)29-26(30)15-32(28-17-36-20(3)39-28)16-27(29)40-33(41-32)23-11-5-4-6-12-23/h4-14,20,27-28H,15-17H2,1-3H3/t20-,27-,28-,32?/m1/s1. The lowest BCUT2D eigenvalue weighted by molar-refractivity contribution is -0.147. The first kappa shape index (κ1) is 26.2. The van der Waals surface area contributed by atoms with Gasteiger partial charge in [-0.3, -0.25) is 9.59 Å². The highest BCUT2D eigenvalue weighted by Crippen LogP contribution is 2.55. The molecule has 4 aromatic rings. The van der Waals surface area contributed by atoms with Crippen molar-refractivity contribution in [1.29, 1.82) is 0 Å². The summed E-state index contributed by atoms with van der Waals surface area (Å²) in [4.78, 5) is 25.0. The van der Waals surface area contributed by atoms with E-state index >= 15 is 0 Å². The molecule has 1 aliphatic carbocycles. The number of rotatable bonds is 4. The fraction of sp³-hybridized carbons (Fsp3) is 0.312. The van der Waals surface area contributed by atoms with Gasteiger partial charge in [0.15, 0.2) is 6.29 Å². The van der Waals surface area contributed by atoms with Crippen molar-refractivity contribution in [1.82, 2.24) is 0 Å². The fourth-order valence-corrected chi connectivity index (χ4v) is 6.48. The number of ether oxygens (including phenoxy) is 4. The Kier molecular flexibility index (Phi) is 6.35. The Labute approximate surface area is 237 Å². The van der Waals surface area contributed by atoms with E-state index in [1.54, 1.807) is 0 Å². The molecule has 1 unspecified atom stereocenters. The molecule has 2 saturated heterocycles. The average molecular weight is 552 g/mol. The second-order valence-corrected chi connectivity index (χ2v) is 10.9. The predicted octanol–water partition coefficient (Wildman–Crippen LogP) is 4.77. The molecule has 0 amide bonds. The molecule has 208 valence electrons. The van der Waals surface area contributed by atoms with Gasteiger partial charge in [0, 0.05) is 48.6 Å². The lowest BCUT2D eigenvalue weighted by Crippen LogP contribution is -2.61. The van der Waals surface area contributed by atoms with Crippen LogP contribution < -0.4 is 14.9 Å². The van der Waals surface area contributed by atoms with Crippen molar-refractivity contribution < 1.29 is 37.8 Å². The largest absolute Gasteiger partial charge is 0.494 e. The third-order valence-electron chi connectivity index (χ3n) is 8.17. The Hall–Kier alpha value is -3.76. The van der Waals surface area contributed by atoms with Gasteiger partial charge in [0.2, 0.25) is 0 Å². The summed E-state index contributed by atoms with van der Waals surface area (Å²) in [5, 5.41) is 3.26. The van der Waals surface area contributed by atoms with Crippen LogP contribution in [0.25, 0.3) is 21.5 Å². The normalized spacial score (nSPS) is 25.2. The number of carbonyl (C=O) groups is 2. The number of hydrogen-bond acceptors (Lipinski definition) is 8. The summed E-state index contributed by atoms with van der Waals surface area (Å²) in [7, 11) is -0.697. The van der Waals surface area contributed by atoms with E-state index in [-0.39, 0.29) is 6.29 Å². The number of hydrogen-bond donors (Lipinski definition) is 0. The molecule has 9 heteroatoms. The van der Waals surface area contributed by atoms with E-state index in [9.17, 15) is 9.59 Å². The minimum absolute atomic E-state index is 0.339. The van der Waals surface area contributed by atoms with Gasteiger partial charge in [0.1, 0.15) is 17.6 Å². The van der Waals surface area contributed by atoms with Crippen molar-refractivity contribution in [3.63, 3.8) is 0 Å². The van der Waals surface area contributed by atoms with Crippen LogP contribution in [0, 0.1) is 0 Å². The summed E-state index contributed by atoms with van der Waals surface area (Å²) >= 11 is 0. The van der Waals surface area contributed by atoms with Gasteiger partial charge < -0.3 is 28.3 Å². The molecular weight excluding hydrogens is 523 g/mol. The lowest BCUT2D eigenvalue weighted by atomic mass is 9.67. The molecule has 2 heterocycles. The second kappa shape index (κ2) is 9.96. The zero-order chi connectivity index (χ0) is 28.3. The topological polar surface area (TPSA) is 89.5 Å². The van der Waals surface area contributed by atoms with Gasteiger partial charge in [-0.15, -0.1) is 0 Å². The molecule has 8 nitrogen and oxygen atoms in total. The average Bonchev–Trinajstić information content (AvgIpc) is 3.41. The Balaban J connectivity index is 1.51. The number of carbonyl (C=O) groups excluding carboxylic acids is 2. The van der Waals surface area contributed by atoms with Gasteiger partial charge in [-0.25, -0.2) is 0 Å². The van der Waals surface area contributed by atoms with Crippen LogP contribution in [0.4, 0.5) is 0 Å². The van der Waals surface area contributed by atoms with Crippen LogP contribution in [0.5, 0.6) is 11.5 Å².